The summed E-state index contributed by atoms with van der Waals surface area (Å²) in [6, 6.07) is 0. The van der Waals surface area contributed by atoms with Crippen LogP contribution in [0, 0.1) is 5.41 Å². The number of carboxylic acid groups (broad SMARTS) is 1. The highest BCUT2D eigenvalue weighted by Gasteiger charge is 2.61. The van der Waals surface area contributed by atoms with Gasteiger partial charge in [0.1, 0.15) is 0 Å². The third kappa shape index (κ3) is 3.03. The van der Waals surface area contributed by atoms with Crippen LogP contribution in [0.4, 0.5) is 0 Å². The zero-order valence-corrected chi connectivity index (χ0v) is 14.2. The van der Waals surface area contributed by atoms with Crippen molar-refractivity contribution in [3.63, 3.8) is 0 Å². The van der Waals surface area contributed by atoms with Crippen molar-refractivity contribution >= 4 is 5.97 Å². The third-order valence-corrected chi connectivity index (χ3v) is 5.86. The van der Waals surface area contributed by atoms with Gasteiger partial charge >= 0.3 is 5.97 Å². The fourth-order valence-electron chi connectivity index (χ4n) is 4.15. The molecule has 0 saturated heterocycles. The van der Waals surface area contributed by atoms with Gasteiger partial charge in [0.15, 0.2) is 5.54 Å². The summed E-state index contributed by atoms with van der Waals surface area (Å²) < 4.78 is 0.508. The number of rotatable bonds is 7. The van der Waals surface area contributed by atoms with Crippen molar-refractivity contribution in [1.82, 2.24) is 0 Å². The van der Waals surface area contributed by atoms with E-state index in [1.807, 2.05) is 28.1 Å². The number of unbranched alkanes of at least 4 members (excludes halogenated alkanes) is 2. The highest BCUT2D eigenvalue weighted by Crippen LogP contribution is 2.52. The second-order valence-electron chi connectivity index (χ2n) is 7.69. The molecule has 0 aromatic rings. The molecule has 20 heavy (non-hydrogen) atoms. The average Bonchev–Trinajstić information content (AvgIpc) is 2.37. The van der Waals surface area contributed by atoms with Crippen LogP contribution in [0.25, 0.3) is 0 Å². The average molecular weight is 284 g/mol. The van der Waals surface area contributed by atoms with Crippen molar-refractivity contribution in [2.45, 2.75) is 77.2 Å². The van der Waals surface area contributed by atoms with Crippen LogP contribution in [-0.2, 0) is 4.79 Å². The van der Waals surface area contributed by atoms with E-state index < -0.39 is 11.5 Å². The van der Waals surface area contributed by atoms with Crippen LogP contribution in [0.3, 0.4) is 0 Å². The molecular formula is C17H34NO2+. The zero-order chi connectivity index (χ0) is 15.4. The van der Waals surface area contributed by atoms with Gasteiger partial charge in [0.25, 0.3) is 0 Å². The third-order valence-electron chi connectivity index (χ3n) is 5.86. The molecule has 0 heterocycles. The molecule has 1 fully saturated rings. The molecule has 1 aliphatic carbocycles. The topological polar surface area (TPSA) is 37.3 Å². The molecule has 0 spiro atoms. The van der Waals surface area contributed by atoms with Crippen LogP contribution in [0.15, 0.2) is 0 Å². The lowest BCUT2D eigenvalue weighted by atomic mass is 9.58. The smallest absolute Gasteiger partial charge is 0.366 e. The Morgan fingerprint density at radius 3 is 2.10 bits per heavy atom. The minimum atomic E-state index is -0.693. The van der Waals surface area contributed by atoms with E-state index in [2.05, 4.69) is 6.92 Å². The van der Waals surface area contributed by atoms with Crippen molar-refractivity contribution in [3.05, 3.63) is 0 Å². The van der Waals surface area contributed by atoms with Crippen LogP contribution >= 0.6 is 0 Å². The molecule has 1 atom stereocenters. The van der Waals surface area contributed by atoms with Crippen LogP contribution < -0.4 is 0 Å². The number of hydrogen-bond acceptors (Lipinski definition) is 1. The first kappa shape index (κ1) is 17.5. The van der Waals surface area contributed by atoms with Gasteiger partial charge < -0.3 is 9.59 Å². The molecule has 3 heteroatoms. The first-order valence-corrected chi connectivity index (χ1v) is 8.26. The Hall–Kier alpha value is -0.570. The summed E-state index contributed by atoms with van der Waals surface area (Å²) in [5, 5.41) is 10.0. The predicted molar refractivity (Wildman–Crippen MR) is 83.7 cm³/mol. The molecule has 0 aromatic carbocycles. The van der Waals surface area contributed by atoms with E-state index in [0.717, 1.165) is 19.3 Å². The molecule has 118 valence electrons. The summed E-state index contributed by atoms with van der Waals surface area (Å²) in [5.41, 5.74) is -0.730. The molecule has 0 amide bonds. The molecule has 0 aromatic heterocycles. The van der Waals surface area contributed by atoms with E-state index in [1.54, 1.807) is 0 Å². The SMILES string of the molecule is CCCCCC1(C(C)(C(=O)O)[N+](C)(C)C)CCCCC1. The van der Waals surface area contributed by atoms with Crippen LogP contribution in [0.2, 0.25) is 0 Å². The number of carbonyl (C=O) groups is 1. The lowest BCUT2D eigenvalue weighted by Gasteiger charge is -2.54. The second-order valence-corrected chi connectivity index (χ2v) is 7.69. The zero-order valence-electron chi connectivity index (χ0n) is 14.2. The van der Waals surface area contributed by atoms with Crippen LogP contribution in [-0.4, -0.2) is 42.2 Å². The molecule has 0 aliphatic heterocycles. The Balaban J connectivity index is 3.14. The lowest BCUT2D eigenvalue weighted by molar-refractivity contribution is -0.921. The maximum atomic E-state index is 12.2. The summed E-state index contributed by atoms with van der Waals surface area (Å²) in [6.45, 7) is 4.20. The Labute approximate surface area is 124 Å². The van der Waals surface area contributed by atoms with Crippen LogP contribution in [0.1, 0.15) is 71.6 Å². The molecule has 1 saturated carbocycles. The van der Waals surface area contributed by atoms with Crippen LogP contribution in [0.5, 0.6) is 0 Å². The quantitative estimate of drug-likeness (QED) is 0.565. The monoisotopic (exact) mass is 284 g/mol. The van der Waals surface area contributed by atoms with E-state index in [1.165, 1.54) is 38.5 Å². The highest BCUT2D eigenvalue weighted by atomic mass is 16.4. The summed E-state index contributed by atoms with van der Waals surface area (Å²) in [7, 11) is 6.14. The summed E-state index contributed by atoms with van der Waals surface area (Å²) >= 11 is 0. The number of aliphatic carboxylic acids is 1. The Kier molecular flexibility index (Phi) is 5.65. The van der Waals surface area contributed by atoms with Gasteiger partial charge in [-0.3, -0.25) is 0 Å². The molecule has 0 bridgehead atoms. The van der Waals surface area contributed by atoms with E-state index in [-0.39, 0.29) is 5.41 Å². The molecule has 1 unspecified atom stereocenters. The summed E-state index contributed by atoms with van der Waals surface area (Å²) in [4.78, 5) is 12.2. The highest BCUT2D eigenvalue weighted by molar-refractivity contribution is 5.78. The molecular weight excluding hydrogens is 250 g/mol. The molecule has 1 aliphatic rings. The molecule has 1 N–H and O–H groups in total. The van der Waals surface area contributed by atoms with Gasteiger partial charge in [-0.05, 0) is 19.3 Å². The van der Waals surface area contributed by atoms with E-state index in [9.17, 15) is 9.90 Å². The number of carboxylic acids is 1. The summed E-state index contributed by atoms with van der Waals surface area (Å²) in [6.07, 6.45) is 10.5. The minimum Gasteiger partial charge on any atom is -0.477 e. The molecule has 3 nitrogen and oxygen atoms in total. The molecule has 0 radical (unpaired) electrons. The Morgan fingerprint density at radius 2 is 1.70 bits per heavy atom. The maximum absolute atomic E-state index is 12.2. The first-order chi connectivity index (χ1) is 9.21. The maximum Gasteiger partial charge on any atom is 0.366 e. The van der Waals surface area contributed by atoms with E-state index in [4.69, 9.17) is 0 Å². The Bertz CT molecular complexity index is 326. The van der Waals surface area contributed by atoms with Crippen molar-refractivity contribution < 1.29 is 14.4 Å². The standard InChI is InChI=1S/C17H33NO2/c1-6-7-9-12-17(13-10-8-11-14-17)16(2,15(19)20)18(3,4)5/h6-14H2,1-5H3/p+1. The van der Waals surface area contributed by atoms with Gasteiger partial charge in [-0.2, -0.15) is 0 Å². The van der Waals surface area contributed by atoms with Gasteiger partial charge in [-0.25, -0.2) is 4.79 Å². The number of nitrogens with zero attached hydrogens (tertiary/aromatic N) is 1. The van der Waals surface area contributed by atoms with Gasteiger partial charge in [0.05, 0.1) is 21.1 Å². The largest absolute Gasteiger partial charge is 0.477 e. The fourth-order valence-corrected chi connectivity index (χ4v) is 4.15. The fraction of sp³-hybridized carbons (Fsp3) is 0.941. The van der Waals surface area contributed by atoms with Gasteiger partial charge in [0.2, 0.25) is 0 Å². The van der Waals surface area contributed by atoms with E-state index in [0.29, 0.717) is 4.48 Å². The van der Waals surface area contributed by atoms with Crippen molar-refractivity contribution in [1.29, 1.82) is 0 Å². The minimum absolute atomic E-state index is 0.0372. The second kappa shape index (κ2) is 6.46. The van der Waals surface area contributed by atoms with Gasteiger partial charge in [-0.1, -0.05) is 45.4 Å². The number of likely N-dealkylation sites (N-methyl/N-ethyl adjacent to an activating group) is 1. The van der Waals surface area contributed by atoms with Crippen molar-refractivity contribution in [3.8, 4) is 0 Å². The molecule has 1 rings (SSSR count). The van der Waals surface area contributed by atoms with Gasteiger partial charge in [0, 0.05) is 12.3 Å². The first-order valence-electron chi connectivity index (χ1n) is 8.26. The van der Waals surface area contributed by atoms with Gasteiger partial charge in [-0.15, -0.1) is 0 Å². The van der Waals surface area contributed by atoms with E-state index >= 15 is 0 Å². The Morgan fingerprint density at radius 1 is 1.15 bits per heavy atom. The summed E-state index contributed by atoms with van der Waals surface area (Å²) in [5.74, 6) is -0.622. The lowest BCUT2D eigenvalue weighted by Crippen LogP contribution is -2.69. The number of quaternary nitrogens is 1. The normalized spacial score (nSPS) is 22.2. The predicted octanol–water partition coefficient (Wildman–Crippen LogP) is 4.07. The number of hydrogen-bond donors (Lipinski definition) is 1. The van der Waals surface area contributed by atoms with Crippen molar-refractivity contribution in [2.24, 2.45) is 5.41 Å². The van der Waals surface area contributed by atoms with Crippen molar-refractivity contribution in [2.75, 3.05) is 21.1 Å².